The number of rotatable bonds is 3. The summed E-state index contributed by atoms with van der Waals surface area (Å²) in [6.07, 6.45) is -0.477. The lowest BCUT2D eigenvalue weighted by atomic mass is 10.2. The molecule has 0 saturated carbocycles. The molecule has 1 fully saturated rings. The van der Waals surface area contributed by atoms with Crippen LogP contribution in [-0.2, 0) is 14.3 Å². The first-order valence-corrected chi connectivity index (χ1v) is 5.68. The van der Waals surface area contributed by atoms with Gasteiger partial charge in [-0.2, -0.15) is 0 Å². The van der Waals surface area contributed by atoms with Crippen molar-refractivity contribution in [1.29, 1.82) is 0 Å². The molecule has 1 aromatic carbocycles. The number of hydrogen-bond donors (Lipinski definition) is 0. The van der Waals surface area contributed by atoms with E-state index in [2.05, 4.69) is 0 Å². The van der Waals surface area contributed by atoms with Gasteiger partial charge in [0, 0.05) is 6.61 Å². The van der Waals surface area contributed by atoms with Crippen LogP contribution in [0.25, 0.3) is 0 Å². The zero-order chi connectivity index (χ0) is 12.4. The summed E-state index contributed by atoms with van der Waals surface area (Å²) < 4.78 is 5.25. The van der Waals surface area contributed by atoms with Gasteiger partial charge in [0.25, 0.3) is 5.91 Å². The van der Waals surface area contributed by atoms with E-state index < -0.39 is 6.10 Å². The fraction of sp³-hybridized carbons (Fsp3) is 0.385. The van der Waals surface area contributed by atoms with E-state index in [4.69, 9.17) is 4.74 Å². The average molecular weight is 233 g/mol. The number of carbonyl (C=O) groups is 2. The van der Waals surface area contributed by atoms with Gasteiger partial charge in [-0.05, 0) is 26.0 Å². The molecule has 0 aromatic heterocycles. The molecular weight excluding hydrogens is 218 g/mol. The van der Waals surface area contributed by atoms with E-state index in [1.165, 1.54) is 4.90 Å². The molecule has 0 aliphatic carbocycles. The van der Waals surface area contributed by atoms with Crippen molar-refractivity contribution in [2.24, 2.45) is 0 Å². The van der Waals surface area contributed by atoms with Crippen molar-refractivity contribution < 1.29 is 14.3 Å². The Labute approximate surface area is 100 Å². The maximum atomic E-state index is 12.0. The van der Waals surface area contributed by atoms with Crippen molar-refractivity contribution >= 4 is 17.5 Å². The van der Waals surface area contributed by atoms with Crippen LogP contribution in [0.1, 0.15) is 18.9 Å². The second kappa shape index (κ2) is 4.67. The third-order valence-corrected chi connectivity index (χ3v) is 2.77. The Morgan fingerprint density at radius 1 is 1.29 bits per heavy atom. The van der Waals surface area contributed by atoms with Crippen LogP contribution >= 0.6 is 0 Å². The molecule has 1 heterocycles. The summed E-state index contributed by atoms with van der Waals surface area (Å²) in [5.41, 5.74) is 1.71. The Hall–Kier alpha value is -1.68. The largest absolute Gasteiger partial charge is 0.368 e. The number of benzene rings is 1. The topological polar surface area (TPSA) is 46.6 Å². The summed E-state index contributed by atoms with van der Waals surface area (Å²) in [5.74, 6) is -0.460. The predicted octanol–water partition coefficient (Wildman–Crippen LogP) is 1.66. The molecule has 1 aliphatic heterocycles. The molecule has 0 bridgehead atoms. The van der Waals surface area contributed by atoms with Gasteiger partial charge < -0.3 is 4.74 Å². The molecule has 1 saturated heterocycles. The summed E-state index contributed by atoms with van der Waals surface area (Å²) in [6, 6.07) is 7.31. The van der Waals surface area contributed by atoms with Crippen LogP contribution in [0.2, 0.25) is 0 Å². The molecule has 2 rings (SSSR count). The zero-order valence-corrected chi connectivity index (χ0v) is 9.97. The van der Waals surface area contributed by atoms with E-state index >= 15 is 0 Å². The summed E-state index contributed by atoms with van der Waals surface area (Å²) >= 11 is 0. The molecule has 1 aromatic rings. The number of hydrogen-bond acceptors (Lipinski definition) is 3. The van der Waals surface area contributed by atoms with Gasteiger partial charge in [-0.1, -0.05) is 17.7 Å². The summed E-state index contributed by atoms with van der Waals surface area (Å²) in [7, 11) is 0. The van der Waals surface area contributed by atoms with Gasteiger partial charge in [-0.25, -0.2) is 4.90 Å². The number of aryl methyl sites for hydroxylation is 1. The minimum atomic E-state index is -0.617. The maximum absolute atomic E-state index is 12.0. The third kappa shape index (κ3) is 2.22. The van der Waals surface area contributed by atoms with E-state index in [-0.39, 0.29) is 18.2 Å². The van der Waals surface area contributed by atoms with Crippen LogP contribution < -0.4 is 4.90 Å². The lowest BCUT2D eigenvalue weighted by Gasteiger charge is -2.14. The minimum absolute atomic E-state index is 0.139. The Balaban J connectivity index is 2.24. The highest BCUT2D eigenvalue weighted by Crippen LogP contribution is 2.24. The maximum Gasteiger partial charge on any atom is 0.263 e. The minimum Gasteiger partial charge on any atom is -0.368 e. The van der Waals surface area contributed by atoms with E-state index in [9.17, 15) is 9.59 Å². The van der Waals surface area contributed by atoms with Crippen molar-refractivity contribution in [2.75, 3.05) is 11.5 Å². The molecule has 0 radical (unpaired) electrons. The molecule has 1 aliphatic rings. The SMILES string of the molecule is CCOC1CC(=O)N(c2ccc(C)cc2)C1=O. The highest BCUT2D eigenvalue weighted by molar-refractivity contribution is 6.22. The van der Waals surface area contributed by atoms with Crippen molar-refractivity contribution in [3.8, 4) is 0 Å². The lowest BCUT2D eigenvalue weighted by molar-refractivity contribution is -0.126. The fourth-order valence-electron chi connectivity index (χ4n) is 1.90. The number of carbonyl (C=O) groups excluding carboxylic acids is 2. The highest BCUT2D eigenvalue weighted by Gasteiger charge is 2.39. The van der Waals surface area contributed by atoms with Crippen LogP contribution in [0.5, 0.6) is 0 Å². The van der Waals surface area contributed by atoms with Crippen LogP contribution in [0.4, 0.5) is 5.69 Å². The Bertz CT molecular complexity index is 438. The van der Waals surface area contributed by atoms with Crippen molar-refractivity contribution in [3.05, 3.63) is 29.8 Å². The normalized spacial score (nSPS) is 20.1. The van der Waals surface area contributed by atoms with Crippen LogP contribution in [0, 0.1) is 6.92 Å². The van der Waals surface area contributed by atoms with Gasteiger partial charge in [-0.15, -0.1) is 0 Å². The highest BCUT2D eigenvalue weighted by atomic mass is 16.5. The third-order valence-electron chi connectivity index (χ3n) is 2.77. The van der Waals surface area contributed by atoms with Crippen LogP contribution in [0.3, 0.4) is 0 Å². The van der Waals surface area contributed by atoms with Crippen molar-refractivity contribution in [1.82, 2.24) is 0 Å². The Morgan fingerprint density at radius 2 is 1.94 bits per heavy atom. The first-order valence-electron chi connectivity index (χ1n) is 5.68. The Morgan fingerprint density at radius 3 is 2.53 bits per heavy atom. The second-order valence-corrected chi connectivity index (χ2v) is 4.05. The van der Waals surface area contributed by atoms with Gasteiger partial charge in [0.2, 0.25) is 5.91 Å². The quantitative estimate of drug-likeness (QED) is 0.746. The smallest absolute Gasteiger partial charge is 0.263 e. The van der Waals surface area contributed by atoms with Crippen molar-refractivity contribution in [3.63, 3.8) is 0 Å². The molecule has 90 valence electrons. The summed E-state index contributed by atoms with van der Waals surface area (Å²) in [4.78, 5) is 25.0. The standard InChI is InChI=1S/C13H15NO3/c1-3-17-11-8-12(15)14(13(11)16)10-6-4-9(2)5-7-10/h4-7,11H,3,8H2,1-2H3. The van der Waals surface area contributed by atoms with Gasteiger partial charge >= 0.3 is 0 Å². The van der Waals surface area contributed by atoms with Gasteiger partial charge in [0.1, 0.15) is 6.10 Å². The molecule has 0 spiro atoms. The molecule has 4 heteroatoms. The molecular formula is C13H15NO3. The van der Waals surface area contributed by atoms with Crippen LogP contribution in [0.15, 0.2) is 24.3 Å². The second-order valence-electron chi connectivity index (χ2n) is 4.05. The number of amides is 2. The average Bonchev–Trinajstić information content (AvgIpc) is 2.57. The van der Waals surface area contributed by atoms with Gasteiger partial charge in [0.15, 0.2) is 0 Å². The lowest BCUT2D eigenvalue weighted by Crippen LogP contribution is -2.32. The summed E-state index contributed by atoms with van der Waals surface area (Å²) in [6.45, 7) is 4.21. The van der Waals surface area contributed by atoms with E-state index in [0.29, 0.717) is 12.3 Å². The van der Waals surface area contributed by atoms with Gasteiger partial charge in [-0.3, -0.25) is 9.59 Å². The van der Waals surface area contributed by atoms with E-state index in [1.54, 1.807) is 12.1 Å². The molecule has 4 nitrogen and oxygen atoms in total. The van der Waals surface area contributed by atoms with Gasteiger partial charge in [0.05, 0.1) is 12.1 Å². The van der Waals surface area contributed by atoms with E-state index in [0.717, 1.165) is 5.56 Å². The first kappa shape index (κ1) is 11.8. The number of ether oxygens (including phenoxy) is 1. The van der Waals surface area contributed by atoms with Crippen molar-refractivity contribution in [2.45, 2.75) is 26.4 Å². The molecule has 1 unspecified atom stereocenters. The zero-order valence-electron chi connectivity index (χ0n) is 9.97. The fourth-order valence-corrected chi connectivity index (χ4v) is 1.90. The molecule has 2 amide bonds. The van der Waals surface area contributed by atoms with E-state index in [1.807, 2.05) is 26.0 Å². The van der Waals surface area contributed by atoms with Crippen LogP contribution in [-0.4, -0.2) is 24.5 Å². The number of imide groups is 1. The molecule has 0 N–H and O–H groups in total. The monoisotopic (exact) mass is 233 g/mol. The Kier molecular flexibility index (Phi) is 3.24. The molecule has 1 atom stereocenters. The number of nitrogens with zero attached hydrogens (tertiary/aromatic N) is 1. The summed E-state index contributed by atoms with van der Waals surface area (Å²) in [5, 5.41) is 0. The molecule has 17 heavy (non-hydrogen) atoms. The predicted molar refractivity (Wildman–Crippen MR) is 63.7 cm³/mol. The first-order chi connectivity index (χ1) is 8.13. The number of anilines is 1.